The van der Waals surface area contributed by atoms with Gasteiger partial charge in [0, 0.05) is 12.5 Å². The van der Waals surface area contributed by atoms with Crippen LogP contribution in [-0.2, 0) is 4.74 Å². The molecular formula is C17H21NO2. The van der Waals surface area contributed by atoms with Crippen molar-refractivity contribution >= 4 is 5.71 Å². The molecule has 3 heteroatoms. The maximum Gasteiger partial charge on any atom is 0.194 e. The lowest BCUT2D eigenvalue weighted by molar-refractivity contribution is -0.450. The number of rotatable bonds is 3. The summed E-state index contributed by atoms with van der Waals surface area (Å²) >= 11 is 0. The van der Waals surface area contributed by atoms with Gasteiger partial charge in [-0.2, -0.15) is 0 Å². The van der Waals surface area contributed by atoms with E-state index in [1.54, 1.807) is 0 Å². The van der Waals surface area contributed by atoms with Crippen LogP contribution in [0.15, 0.2) is 42.2 Å². The van der Waals surface area contributed by atoms with E-state index in [0.29, 0.717) is 30.9 Å². The molecule has 106 valence electrons. The number of hydrogen-bond acceptors (Lipinski definition) is 2. The smallest absolute Gasteiger partial charge is 0.194 e. The summed E-state index contributed by atoms with van der Waals surface area (Å²) in [6, 6.07) is 10.4. The predicted octanol–water partition coefficient (Wildman–Crippen LogP) is 3.31. The van der Waals surface area contributed by atoms with Crippen LogP contribution >= 0.6 is 0 Å². The summed E-state index contributed by atoms with van der Waals surface area (Å²) in [5.74, 6) is 2.03. The molecule has 20 heavy (non-hydrogen) atoms. The number of allylic oxidation sites excluding steroid dienone is 2. The first-order valence-electron chi connectivity index (χ1n) is 7.40. The molecule has 0 fully saturated rings. The van der Waals surface area contributed by atoms with E-state index in [1.165, 1.54) is 5.56 Å². The van der Waals surface area contributed by atoms with Gasteiger partial charge in [0.2, 0.25) is 0 Å². The maximum absolute atomic E-state index is 12.3. The van der Waals surface area contributed by atoms with Crippen molar-refractivity contribution in [1.82, 2.24) is 0 Å². The van der Waals surface area contributed by atoms with Crippen molar-refractivity contribution in [1.29, 1.82) is 0 Å². The van der Waals surface area contributed by atoms with Crippen LogP contribution in [0.2, 0.25) is 0 Å². The normalized spacial score (nSPS) is 29.1. The van der Waals surface area contributed by atoms with Gasteiger partial charge in [0.25, 0.3) is 0 Å². The molecule has 1 aromatic rings. The van der Waals surface area contributed by atoms with Crippen molar-refractivity contribution < 1.29 is 9.48 Å². The molecule has 1 aliphatic carbocycles. The summed E-state index contributed by atoms with van der Waals surface area (Å²) in [6.07, 6.45) is 2.91. The van der Waals surface area contributed by atoms with Crippen LogP contribution in [0, 0.1) is 17.0 Å². The number of hydrogen-bond donors (Lipinski definition) is 0. The molecule has 3 rings (SSSR count). The maximum atomic E-state index is 12.3. The van der Waals surface area contributed by atoms with Gasteiger partial charge in [-0.1, -0.05) is 37.3 Å². The molecule has 2 aliphatic rings. The standard InChI is InChI=1S/C17H21NO2/c1-3-20-14-9-12(2)17-15(11-18(19)16(17)10-14)13-7-5-4-6-8-13/h4-8,10,12,15,17H,3,9,11H2,1-2H3. The largest absolute Gasteiger partial charge is 0.624 e. The Labute approximate surface area is 120 Å². The highest BCUT2D eigenvalue weighted by molar-refractivity contribution is 5.96. The zero-order valence-electron chi connectivity index (χ0n) is 12.1. The van der Waals surface area contributed by atoms with Crippen LogP contribution in [0.1, 0.15) is 31.7 Å². The molecule has 0 saturated heterocycles. The van der Waals surface area contributed by atoms with Crippen molar-refractivity contribution in [3.05, 3.63) is 52.9 Å². The summed E-state index contributed by atoms with van der Waals surface area (Å²) in [4.78, 5) is 0. The van der Waals surface area contributed by atoms with Gasteiger partial charge >= 0.3 is 0 Å². The van der Waals surface area contributed by atoms with E-state index in [0.717, 1.165) is 22.6 Å². The molecular weight excluding hydrogens is 250 g/mol. The van der Waals surface area contributed by atoms with E-state index in [-0.39, 0.29) is 0 Å². The molecule has 1 aromatic carbocycles. The zero-order valence-corrected chi connectivity index (χ0v) is 12.1. The van der Waals surface area contributed by atoms with Crippen LogP contribution in [0.3, 0.4) is 0 Å². The van der Waals surface area contributed by atoms with Crippen LogP contribution in [0.5, 0.6) is 0 Å². The fourth-order valence-electron chi connectivity index (χ4n) is 3.59. The Balaban J connectivity index is 1.93. The Morgan fingerprint density at radius 2 is 2.05 bits per heavy atom. The summed E-state index contributed by atoms with van der Waals surface area (Å²) in [5, 5.41) is 12.3. The fraction of sp³-hybridized carbons (Fsp3) is 0.471. The molecule has 0 radical (unpaired) electrons. The van der Waals surface area contributed by atoms with E-state index in [1.807, 2.05) is 19.1 Å². The zero-order chi connectivity index (χ0) is 14.1. The van der Waals surface area contributed by atoms with Gasteiger partial charge in [-0.3, -0.25) is 0 Å². The summed E-state index contributed by atoms with van der Waals surface area (Å²) < 4.78 is 6.79. The van der Waals surface area contributed by atoms with Crippen LogP contribution < -0.4 is 0 Å². The molecule has 0 saturated carbocycles. The second kappa shape index (κ2) is 5.31. The molecule has 0 bridgehead atoms. The molecule has 3 unspecified atom stereocenters. The van der Waals surface area contributed by atoms with E-state index < -0.39 is 0 Å². The first-order chi connectivity index (χ1) is 9.70. The van der Waals surface area contributed by atoms with Gasteiger partial charge in [-0.15, -0.1) is 0 Å². The number of ether oxygens (including phenoxy) is 1. The number of benzene rings is 1. The second-order valence-electron chi connectivity index (χ2n) is 5.75. The first kappa shape index (κ1) is 13.2. The SMILES string of the molecule is CCOC1=CC2=[N+]([O-])CC(c3ccccc3)C2C(C)C1. The van der Waals surface area contributed by atoms with Gasteiger partial charge in [0.1, 0.15) is 5.76 Å². The van der Waals surface area contributed by atoms with Crippen LogP contribution in [0.25, 0.3) is 0 Å². The van der Waals surface area contributed by atoms with Crippen molar-refractivity contribution in [2.24, 2.45) is 11.8 Å². The average Bonchev–Trinajstić information content (AvgIpc) is 2.78. The molecule has 3 atom stereocenters. The third kappa shape index (κ3) is 2.21. The molecule has 1 heterocycles. The molecule has 0 N–H and O–H groups in total. The minimum Gasteiger partial charge on any atom is -0.624 e. The Bertz CT molecular complexity index is 547. The highest BCUT2D eigenvalue weighted by atomic mass is 16.5. The van der Waals surface area contributed by atoms with Gasteiger partial charge in [-0.05, 0) is 18.4 Å². The topological polar surface area (TPSA) is 35.3 Å². The molecule has 0 aromatic heterocycles. The fourth-order valence-corrected chi connectivity index (χ4v) is 3.59. The summed E-state index contributed by atoms with van der Waals surface area (Å²) in [6.45, 7) is 5.44. The number of fused-ring (bicyclic) bond motifs is 1. The third-order valence-electron chi connectivity index (χ3n) is 4.43. The summed E-state index contributed by atoms with van der Waals surface area (Å²) in [5.41, 5.74) is 2.18. The number of hydroxylamine groups is 1. The first-order valence-corrected chi connectivity index (χ1v) is 7.40. The third-order valence-corrected chi connectivity index (χ3v) is 4.43. The van der Waals surface area contributed by atoms with Gasteiger partial charge in [-0.25, -0.2) is 4.74 Å². The Hall–Kier alpha value is -1.77. The second-order valence-corrected chi connectivity index (χ2v) is 5.75. The van der Waals surface area contributed by atoms with Gasteiger partial charge < -0.3 is 9.94 Å². The quantitative estimate of drug-likeness (QED) is 0.624. The molecule has 0 amide bonds. The van der Waals surface area contributed by atoms with Crippen molar-refractivity contribution in [2.45, 2.75) is 26.2 Å². The molecule has 3 nitrogen and oxygen atoms in total. The molecule has 0 spiro atoms. The monoisotopic (exact) mass is 271 g/mol. The lowest BCUT2D eigenvalue weighted by Crippen LogP contribution is -2.29. The van der Waals surface area contributed by atoms with E-state index in [2.05, 4.69) is 31.2 Å². The predicted molar refractivity (Wildman–Crippen MR) is 79.7 cm³/mol. The Kier molecular flexibility index (Phi) is 3.51. The lowest BCUT2D eigenvalue weighted by Gasteiger charge is -2.27. The van der Waals surface area contributed by atoms with Crippen molar-refractivity contribution in [2.75, 3.05) is 13.2 Å². The highest BCUT2D eigenvalue weighted by Crippen LogP contribution is 2.41. The Morgan fingerprint density at radius 3 is 2.75 bits per heavy atom. The average molecular weight is 271 g/mol. The van der Waals surface area contributed by atoms with Crippen molar-refractivity contribution in [3.63, 3.8) is 0 Å². The highest BCUT2D eigenvalue weighted by Gasteiger charge is 2.45. The summed E-state index contributed by atoms with van der Waals surface area (Å²) in [7, 11) is 0. The molecule has 1 aliphatic heterocycles. The van der Waals surface area contributed by atoms with Gasteiger partial charge in [0.15, 0.2) is 12.3 Å². The number of nitrogens with zero attached hydrogens (tertiary/aromatic N) is 1. The van der Waals surface area contributed by atoms with Gasteiger partial charge in [0.05, 0.1) is 18.4 Å². The Morgan fingerprint density at radius 1 is 1.30 bits per heavy atom. The van der Waals surface area contributed by atoms with E-state index in [4.69, 9.17) is 4.74 Å². The van der Waals surface area contributed by atoms with E-state index >= 15 is 0 Å². The van der Waals surface area contributed by atoms with Crippen LogP contribution in [0.4, 0.5) is 0 Å². The minimum atomic E-state index is 0.304. The van der Waals surface area contributed by atoms with Crippen molar-refractivity contribution in [3.8, 4) is 0 Å². The lowest BCUT2D eigenvalue weighted by atomic mass is 9.73. The minimum absolute atomic E-state index is 0.304. The van der Waals surface area contributed by atoms with E-state index in [9.17, 15) is 5.21 Å². The van der Waals surface area contributed by atoms with Crippen LogP contribution in [-0.4, -0.2) is 23.6 Å².